The summed E-state index contributed by atoms with van der Waals surface area (Å²) in [7, 11) is -4.84. The molecule has 0 fully saturated rings. The number of carbonyl (C=O) groups is 1. The predicted molar refractivity (Wildman–Crippen MR) is 65.8 cm³/mol. The van der Waals surface area contributed by atoms with Crippen molar-refractivity contribution in [1.82, 2.24) is 5.32 Å². The zero-order valence-electron chi connectivity index (χ0n) is 10.2. The van der Waals surface area contributed by atoms with Crippen LogP contribution in [0.4, 0.5) is 0 Å². The fourth-order valence-corrected chi connectivity index (χ4v) is 1.65. The maximum absolute atomic E-state index is 11.0. The lowest BCUT2D eigenvalue weighted by molar-refractivity contribution is -0.124. The third kappa shape index (κ3) is 7.48. The molecule has 0 saturated carbocycles. The highest BCUT2D eigenvalue weighted by atomic mass is 35.5. The van der Waals surface area contributed by atoms with Crippen LogP contribution in [0.5, 0.6) is 0 Å². The first-order chi connectivity index (χ1) is 9.12. The van der Waals surface area contributed by atoms with E-state index >= 15 is 0 Å². The number of amides is 1. The highest BCUT2D eigenvalue weighted by molar-refractivity contribution is 7.46. The average molecular weight is 338 g/mol. The molecule has 10 nitrogen and oxygen atoms in total. The maximum atomic E-state index is 11.0. The Morgan fingerprint density at radius 3 is 2.20 bits per heavy atom. The van der Waals surface area contributed by atoms with Gasteiger partial charge in [-0.25, -0.2) is 4.57 Å². The molecule has 1 amide bonds. The van der Waals surface area contributed by atoms with Crippen LogP contribution < -0.4 is 5.32 Å². The Hall–Kier alpha value is -0.290. The molecule has 0 spiro atoms. The number of hydrogen-bond acceptors (Lipinski definition) is 7. The van der Waals surface area contributed by atoms with Gasteiger partial charge in [0, 0.05) is 0 Å². The summed E-state index contributed by atoms with van der Waals surface area (Å²) in [5.41, 5.74) is 0. The van der Waals surface area contributed by atoms with Crippen molar-refractivity contribution in [2.24, 2.45) is 0 Å². The molecule has 0 rings (SSSR count). The molecule has 0 aliphatic rings. The van der Waals surface area contributed by atoms with Crippen LogP contribution >= 0.6 is 19.4 Å². The topological polar surface area (TPSA) is 177 Å². The SMILES string of the molecule is O=C(CCl)N[C@@H](CO)[C@@H](O)[C@H](O)[C@H](O)COP(=O)(O)O. The number of aliphatic hydroxyl groups is 4. The number of nitrogens with one attached hydrogen (secondary N) is 1. The summed E-state index contributed by atoms with van der Waals surface area (Å²) in [5.74, 6) is -1.17. The Morgan fingerprint density at radius 1 is 1.25 bits per heavy atom. The number of rotatable bonds is 9. The van der Waals surface area contributed by atoms with Crippen LogP contribution in [-0.2, 0) is 13.9 Å². The number of carbonyl (C=O) groups excluding carboxylic acids is 1. The smallest absolute Gasteiger partial charge is 0.394 e. The fourth-order valence-electron chi connectivity index (χ4n) is 1.22. The van der Waals surface area contributed by atoms with Crippen LogP contribution in [0.2, 0.25) is 0 Å². The molecule has 0 aromatic heterocycles. The minimum Gasteiger partial charge on any atom is -0.394 e. The number of aliphatic hydroxyl groups excluding tert-OH is 4. The van der Waals surface area contributed by atoms with Gasteiger partial charge in [0.2, 0.25) is 5.91 Å². The molecule has 0 bridgehead atoms. The number of halogens is 1. The summed E-state index contributed by atoms with van der Waals surface area (Å²) in [6, 6.07) is -1.32. The van der Waals surface area contributed by atoms with E-state index < -0.39 is 57.2 Å². The van der Waals surface area contributed by atoms with E-state index in [4.69, 9.17) is 26.5 Å². The molecule has 0 heterocycles. The number of hydrogen-bond donors (Lipinski definition) is 7. The Bertz CT molecular complexity index is 351. The monoisotopic (exact) mass is 337 g/mol. The van der Waals surface area contributed by atoms with Gasteiger partial charge in [-0.2, -0.15) is 0 Å². The van der Waals surface area contributed by atoms with Crippen molar-refractivity contribution in [3.05, 3.63) is 0 Å². The Labute approximate surface area is 119 Å². The van der Waals surface area contributed by atoms with Crippen LogP contribution in [-0.4, -0.2) is 79.6 Å². The van der Waals surface area contributed by atoms with Gasteiger partial charge in [0.05, 0.1) is 19.3 Å². The summed E-state index contributed by atoms with van der Waals surface area (Å²) in [6.07, 6.45) is -5.57. The predicted octanol–water partition coefficient (Wildman–Crippen LogP) is -3.11. The van der Waals surface area contributed by atoms with Crippen LogP contribution in [0, 0.1) is 0 Å². The molecular weight excluding hydrogens is 321 g/mol. The van der Waals surface area contributed by atoms with Crippen LogP contribution in [0.3, 0.4) is 0 Å². The Morgan fingerprint density at radius 2 is 1.80 bits per heavy atom. The summed E-state index contributed by atoms with van der Waals surface area (Å²) >= 11 is 5.21. The van der Waals surface area contributed by atoms with Gasteiger partial charge in [-0.15, -0.1) is 11.6 Å². The first-order valence-electron chi connectivity index (χ1n) is 5.32. The fraction of sp³-hybridized carbons (Fsp3) is 0.875. The Kier molecular flexibility index (Phi) is 8.75. The average Bonchev–Trinajstić information content (AvgIpc) is 2.39. The van der Waals surface area contributed by atoms with Gasteiger partial charge in [-0.1, -0.05) is 0 Å². The van der Waals surface area contributed by atoms with Crippen LogP contribution in [0.1, 0.15) is 0 Å². The molecule has 0 radical (unpaired) electrons. The highest BCUT2D eigenvalue weighted by Gasteiger charge is 2.33. The van der Waals surface area contributed by atoms with Crippen LogP contribution in [0.25, 0.3) is 0 Å². The number of alkyl halides is 1. The van der Waals surface area contributed by atoms with Crippen molar-refractivity contribution in [3.8, 4) is 0 Å². The molecule has 7 N–H and O–H groups in total. The first kappa shape index (κ1) is 19.7. The lowest BCUT2D eigenvalue weighted by Crippen LogP contribution is -2.54. The normalized spacial score (nSPS) is 18.1. The Balaban J connectivity index is 4.51. The lowest BCUT2D eigenvalue weighted by atomic mass is 10.0. The van der Waals surface area contributed by atoms with Gasteiger partial charge in [0.25, 0.3) is 0 Å². The summed E-state index contributed by atoms with van der Waals surface area (Å²) < 4.78 is 14.4. The lowest BCUT2D eigenvalue weighted by Gasteiger charge is -2.28. The van der Waals surface area contributed by atoms with E-state index in [1.165, 1.54) is 0 Å². The van der Waals surface area contributed by atoms with Gasteiger partial charge in [0.15, 0.2) is 0 Å². The quantitative estimate of drug-likeness (QED) is 0.169. The van der Waals surface area contributed by atoms with Crippen molar-refractivity contribution in [1.29, 1.82) is 0 Å². The van der Waals surface area contributed by atoms with Crippen molar-refractivity contribution >= 4 is 25.3 Å². The third-order valence-corrected chi connectivity index (χ3v) is 2.96. The molecule has 0 saturated heterocycles. The molecule has 0 aliphatic heterocycles. The van der Waals surface area contributed by atoms with Gasteiger partial charge < -0.3 is 35.5 Å². The van der Waals surface area contributed by atoms with Crippen molar-refractivity contribution in [2.75, 3.05) is 19.1 Å². The molecule has 120 valence electrons. The van der Waals surface area contributed by atoms with E-state index in [2.05, 4.69) is 9.84 Å². The second-order valence-electron chi connectivity index (χ2n) is 3.83. The second kappa shape index (κ2) is 8.88. The van der Waals surface area contributed by atoms with Crippen molar-refractivity contribution in [2.45, 2.75) is 24.4 Å². The zero-order valence-corrected chi connectivity index (χ0v) is 11.8. The van der Waals surface area contributed by atoms with E-state index in [0.717, 1.165) is 0 Å². The second-order valence-corrected chi connectivity index (χ2v) is 5.33. The molecule has 0 unspecified atom stereocenters. The molecule has 0 aromatic carbocycles. The van der Waals surface area contributed by atoms with Crippen LogP contribution in [0.15, 0.2) is 0 Å². The molecule has 4 atom stereocenters. The minimum absolute atomic E-state index is 0.441. The van der Waals surface area contributed by atoms with E-state index in [-0.39, 0.29) is 0 Å². The molecular formula is C8H17ClNO9P. The van der Waals surface area contributed by atoms with Gasteiger partial charge in [-0.05, 0) is 0 Å². The van der Waals surface area contributed by atoms with Gasteiger partial charge in [0.1, 0.15) is 24.2 Å². The molecule has 20 heavy (non-hydrogen) atoms. The first-order valence-corrected chi connectivity index (χ1v) is 7.39. The van der Waals surface area contributed by atoms with E-state index in [0.29, 0.717) is 0 Å². The standard InChI is InChI=1S/C8H17ClNO9P/c9-1-6(13)10-4(2-11)7(14)8(15)5(12)3-19-20(16,17)18/h4-5,7-8,11-12,14-15H,1-3H2,(H,10,13)(H2,16,17,18)/t4-,5+,7+,8+/m0/s1. The van der Waals surface area contributed by atoms with E-state index in [1.54, 1.807) is 0 Å². The molecule has 0 aromatic rings. The third-order valence-electron chi connectivity index (χ3n) is 2.23. The minimum atomic E-state index is -4.84. The number of phosphoric ester groups is 1. The largest absolute Gasteiger partial charge is 0.469 e. The van der Waals surface area contributed by atoms with E-state index in [1.807, 2.05) is 0 Å². The van der Waals surface area contributed by atoms with Crippen molar-refractivity contribution in [3.63, 3.8) is 0 Å². The summed E-state index contributed by atoms with van der Waals surface area (Å²) in [6.45, 7) is -1.71. The molecule has 0 aliphatic carbocycles. The summed E-state index contributed by atoms with van der Waals surface area (Å²) in [5, 5.41) is 39.6. The van der Waals surface area contributed by atoms with Crippen molar-refractivity contribution < 1.29 is 44.1 Å². The number of phosphoric acid groups is 1. The highest BCUT2D eigenvalue weighted by Crippen LogP contribution is 2.35. The summed E-state index contributed by atoms with van der Waals surface area (Å²) in [4.78, 5) is 27.8. The van der Waals surface area contributed by atoms with Gasteiger partial charge in [-0.3, -0.25) is 9.32 Å². The zero-order chi connectivity index (χ0) is 15.9. The van der Waals surface area contributed by atoms with E-state index in [9.17, 15) is 24.7 Å². The maximum Gasteiger partial charge on any atom is 0.469 e. The molecule has 12 heteroatoms. The van der Waals surface area contributed by atoms with Gasteiger partial charge >= 0.3 is 7.82 Å².